The van der Waals surface area contributed by atoms with Crippen molar-refractivity contribution in [3.8, 4) is 11.3 Å². The summed E-state index contributed by atoms with van der Waals surface area (Å²) in [5.41, 5.74) is -1.09. The van der Waals surface area contributed by atoms with Crippen molar-refractivity contribution in [2.45, 2.75) is 32.2 Å². The number of aromatic nitrogens is 7. The Kier molecular flexibility index (Phi) is 5.75. The van der Waals surface area contributed by atoms with E-state index in [0.29, 0.717) is 30.3 Å². The number of pyridine rings is 1. The summed E-state index contributed by atoms with van der Waals surface area (Å²) in [5, 5.41) is 2.75. The van der Waals surface area contributed by atoms with Crippen molar-refractivity contribution in [3.05, 3.63) is 69.2 Å². The first-order chi connectivity index (χ1) is 19.1. The zero-order chi connectivity index (χ0) is 28.3. The van der Waals surface area contributed by atoms with E-state index in [1.807, 2.05) is 4.90 Å². The lowest BCUT2D eigenvalue weighted by atomic mass is 10.2. The van der Waals surface area contributed by atoms with Gasteiger partial charge in [-0.05, 0) is 26.0 Å². The summed E-state index contributed by atoms with van der Waals surface area (Å²) < 4.78 is 17.5. The van der Waals surface area contributed by atoms with E-state index in [0.717, 1.165) is 4.57 Å². The predicted molar refractivity (Wildman–Crippen MR) is 143 cm³/mol. The number of anilines is 2. The van der Waals surface area contributed by atoms with Gasteiger partial charge in [-0.15, -0.1) is 0 Å². The van der Waals surface area contributed by atoms with Crippen LogP contribution in [0.1, 0.15) is 19.9 Å². The molecule has 2 fully saturated rings. The summed E-state index contributed by atoms with van der Waals surface area (Å²) in [5.74, 6) is 0.431. The standard InChI is InChI=1S/C26H25FN10O3/c1-14(36-13-31-21-20(36)23(39)37(12-28-3)25(40)34(21)4)22(38)33-19-7-5-6-18(32-19)15-8-29-24(30-9-15)35-10-16-17(11-35)26(16,2)27/h5-9,13-14,16-17H,10-12H2,1-2,4H3,(H,32,33,38)/t14-,16?,17?,26?/m0/s1. The molecule has 2 aliphatic rings. The molecule has 0 radical (unpaired) electrons. The Bertz CT molecular complexity index is 1800. The highest BCUT2D eigenvalue weighted by Gasteiger charge is 2.67. The molecule has 204 valence electrons. The van der Waals surface area contributed by atoms with E-state index in [1.165, 1.54) is 22.5 Å². The van der Waals surface area contributed by atoms with E-state index in [2.05, 4.69) is 30.1 Å². The van der Waals surface area contributed by atoms with E-state index < -0.39 is 35.5 Å². The van der Waals surface area contributed by atoms with Gasteiger partial charge in [0.15, 0.2) is 11.2 Å². The van der Waals surface area contributed by atoms with Crippen LogP contribution in [-0.4, -0.2) is 58.3 Å². The average Bonchev–Trinajstić information content (AvgIpc) is 3.38. The van der Waals surface area contributed by atoms with Crippen LogP contribution in [-0.2, 0) is 18.5 Å². The van der Waals surface area contributed by atoms with Crippen molar-refractivity contribution in [1.29, 1.82) is 0 Å². The highest BCUT2D eigenvalue weighted by molar-refractivity contribution is 5.93. The lowest BCUT2D eigenvalue weighted by Crippen LogP contribution is -2.39. The average molecular weight is 545 g/mol. The van der Waals surface area contributed by atoms with Gasteiger partial charge in [0.25, 0.3) is 12.2 Å². The minimum Gasteiger partial charge on any atom is -0.340 e. The summed E-state index contributed by atoms with van der Waals surface area (Å²) >= 11 is 0. The molecule has 13 nitrogen and oxygen atoms in total. The van der Waals surface area contributed by atoms with Crippen LogP contribution in [0, 0.1) is 18.4 Å². The van der Waals surface area contributed by atoms with Crippen molar-refractivity contribution in [3.63, 3.8) is 0 Å². The Labute approximate surface area is 226 Å². The fraction of sp³-hybridized carbons (Fsp3) is 0.385. The Hall–Kier alpha value is -4.93. The largest absolute Gasteiger partial charge is 0.340 e. The van der Waals surface area contributed by atoms with Gasteiger partial charge in [0, 0.05) is 49.9 Å². The molecule has 40 heavy (non-hydrogen) atoms. The topological polar surface area (TPSA) is 137 Å². The molecule has 4 aromatic heterocycles. The van der Waals surface area contributed by atoms with Crippen LogP contribution >= 0.6 is 0 Å². The molecule has 0 bridgehead atoms. The molecule has 1 saturated carbocycles. The highest BCUT2D eigenvalue weighted by Crippen LogP contribution is 2.58. The summed E-state index contributed by atoms with van der Waals surface area (Å²) in [6.45, 7) is 11.1. The molecule has 1 N–H and O–H groups in total. The van der Waals surface area contributed by atoms with E-state index in [1.54, 1.807) is 44.4 Å². The number of nitrogens with zero attached hydrogens (tertiary/aromatic N) is 9. The fourth-order valence-corrected chi connectivity index (χ4v) is 5.40. The van der Waals surface area contributed by atoms with Gasteiger partial charge in [-0.25, -0.2) is 35.7 Å². The number of piperidine rings is 1. The van der Waals surface area contributed by atoms with Crippen molar-refractivity contribution >= 4 is 28.8 Å². The lowest BCUT2D eigenvalue weighted by Gasteiger charge is -2.20. The third kappa shape index (κ3) is 3.93. The Balaban J connectivity index is 1.20. The third-order valence-corrected chi connectivity index (χ3v) is 7.94. The minimum atomic E-state index is -1.08. The summed E-state index contributed by atoms with van der Waals surface area (Å²) in [7, 11) is 1.45. The molecule has 4 aromatic rings. The SMILES string of the molecule is [C-]#[N+]Cn1c(=O)c2c(ncn2[C@@H](C)C(=O)Nc2cccc(-c3cnc(N4CC5C(C4)C5(C)F)nc3)n2)n(C)c1=O. The van der Waals surface area contributed by atoms with Crippen LogP contribution in [0.5, 0.6) is 0 Å². The van der Waals surface area contributed by atoms with Crippen LogP contribution in [0.25, 0.3) is 27.3 Å². The van der Waals surface area contributed by atoms with E-state index in [9.17, 15) is 18.8 Å². The summed E-state index contributed by atoms with van der Waals surface area (Å²) in [6, 6.07) is 4.24. The second kappa shape index (κ2) is 9.08. The molecular formula is C26H25FN10O3. The fourth-order valence-electron chi connectivity index (χ4n) is 5.40. The number of alkyl halides is 1. The molecule has 1 saturated heterocycles. The number of rotatable bonds is 6. The minimum absolute atomic E-state index is 0.0344. The van der Waals surface area contributed by atoms with Crippen LogP contribution in [0.3, 0.4) is 0 Å². The summed E-state index contributed by atoms with van der Waals surface area (Å²) in [6.07, 6.45) is 4.61. The first-order valence-electron chi connectivity index (χ1n) is 12.7. The molecule has 1 aliphatic heterocycles. The monoisotopic (exact) mass is 544 g/mol. The smallest absolute Gasteiger partial charge is 0.338 e. The normalized spacial score (nSPS) is 22.1. The molecule has 0 spiro atoms. The zero-order valence-corrected chi connectivity index (χ0v) is 21.9. The number of hydrogen-bond acceptors (Lipinski definition) is 8. The number of nitrogens with one attached hydrogen (secondary N) is 1. The van der Waals surface area contributed by atoms with Gasteiger partial charge in [0.1, 0.15) is 17.5 Å². The van der Waals surface area contributed by atoms with Gasteiger partial charge in [-0.2, -0.15) is 4.57 Å². The molecule has 0 aromatic carbocycles. The van der Waals surface area contributed by atoms with Crippen LogP contribution in [0.4, 0.5) is 16.2 Å². The maximum absolute atomic E-state index is 14.2. The molecule has 6 rings (SSSR count). The molecule has 2 unspecified atom stereocenters. The number of carbonyl (C=O) groups excluding carboxylic acids is 1. The van der Waals surface area contributed by atoms with Gasteiger partial charge in [0.05, 0.1) is 12.0 Å². The molecule has 1 aliphatic carbocycles. The van der Waals surface area contributed by atoms with E-state index >= 15 is 0 Å². The molecule has 3 atom stereocenters. The van der Waals surface area contributed by atoms with Crippen molar-refractivity contribution in [2.24, 2.45) is 18.9 Å². The maximum Gasteiger partial charge on any atom is 0.338 e. The first-order valence-corrected chi connectivity index (χ1v) is 12.7. The van der Waals surface area contributed by atoms with Gasteiger partial charge >= 0.3 is 5.69 Å². The molecule has 14 heteroatoms. The Morgan fingerprint density at radius 2 is 1.93 bits per heavy atom. The van der Waals surface area contributed by atoms with Crippen LogP contribution in [0.15, 0.2) is 46.5 Å². The molecular weight excluding hydrogens is 519 g/mol. The van der Waals surface area contributed by atoms with Crippen LogP contribution < -0.4 is 21.5 Å². The number of hydrogen-bond donors (Lipinski definition) is 1. The lowest BCUT2D eigenvalue weighted by molar-refractivity contribution is -0.118. The number of halogens is 1. The number of carbonyl (C=O) groups is 1. The number of imidazole rings is 1. The number of amides is 1. The first kappa shape index (κ1) is 25.4. The van der Waals surface area contributed by atoms with Gasteiger partial charge in [-0.3, -0.25) is 19.0 Å². The maximum atomic E-state index is 14.2. The number of fused-ring (bicyclic) bond motifs is 2. The van der Waals surface area contributed by atoms with Gasteiger partial charge in [-0.1, -0.05) is 6.07 Å². The van der Waals surface area contributed by atoms with E-state index in [4.69, 9.17) is 6.57 Å². The predicted octanol–water partition coefficient (Wildman–Crippen LogP) is 1.62. The van der Waals surface area contributed by atoms with Gasteiger partial charge < -0.3 is 14.8 Å². The zero-order valence-electron chi connectivity index (χ0n) is 21.9. The van der Waals surface area contributed by atoms with Crippen molar-refractivity contribution in [2.75, 3.05) is 23.3 Å². The molecule has 5 heterocycles. The van der Waals surface area contributed by atoms with Gasteiger partial charge in [0.2, 0.25) is 11.9 Å². The van der Waals surface area contributed by atoms with Crippen LogP contribution in [0.2, 0.25) is 0 Å². The molecule has 1 amide bonds. The highest BCUT2D eigenvalue weighted by atomic mass is 19.1. The van der Waals surface area contributed by atoms with E-state index in [-0.39, 0.29) is 28.8 Å². The third-order valence-electron chi connectivity index (χ3n) is 7.94. The van der Waals surface area contributed by atoms with Crippen molar-refractivity contribution < 1.29 is 9.18 Å². The van der Waals surface area contributed by atoms with Crippen molar-refractivity contribution in [1.82, 2.24) is 33.6 Å². The Morgan fingerprint density at radius 3 is 2.60 bits per heavy atom. The second-order valence-corrected chi connectivity index (χ2v) is 10.3. The Morgan fingerprint density at radius 1 is 1.23 bits per heavy atom. The summed E-state index contributed by atoms with van der Waals surface area (Å²) in [4.78, 5) is 61.3. The number of aryl methyl sites for hydroxylation is 1. The quantitative estimate of drug-likeness (QED) is 0.362. The second-order valence-electron chi connectivity index (χ2n) is 10.3.